The molecule has 10 heavy (non-hydrogen) atoms. The highest BCUT2D eigenvalue weighted by atomic mass is 16.1. The van der Waals surface area contributed by atoms with E-state index in [1.807, 2.05) is 13.8 Å². The van der Waals surface area contributed by atoms with E-state index in [-0.39, 0.29) is 11.8 Å². The fourth-order valence-corrected chi connectivity index (χ4v) is 0.768. The first-order valence-electron chi connectivity index (χ1n) is 3.44. The summed E-state index contributed by atoms with van der Waals surface area (Å²) in [5.74, 6) is 0.183. The first kappa shape index (κ1) is 9.37. The van der Waals surface area contributed by atoms with E-state index >= 15 is 0 Å². The van der Waals surface area contributed by atoms with E-state index in [0.29, 0.717) is 12.8 Å². The molecular weight excluding hydrogens is 126 g/mol. The molecule has 0 aliphatic carbocycles. The van der Waals surface area contributed by atoms with Crippen molar-refractivity contribution < 1.29 is 4.79 Å². The van der Waals surface area contributed by atoms with E-state index in [4.69, 9.17) is 5.73 Å². The molecule has 0 amide bonds. The molecule has 0 saturated heterocycles. The molecule has 0 aromatic carbocycles. The molecule has 1 unspecified atom stereocenters. The number of Topliss-reactive ketones (excluding diaryl/α,β-unsaturated/α-hetero) is 1. The van der Waals surface area contributed by atoms with Crippen LogP contribution >= 0.6 is 0 Å². The van der Waals surface area contributed by atoms with Crippen molar-refractivity contribution in [3.8, 4) is 0 Å². The number of hydrogen-bond donors (Lipinski definition) is 1. The van der Waals surface area contributed by atoms with Crippen molar-refractivity contribution in [2.45, 2.75) is 32.7 Å². The molecule has 0 bridgehead atoms. The van der Waals surface area contributed by atoms with Crippen LogP contribution in [0.1, 0.15) is 26.7 Å². The molecule has 0 aromatic heterocycles. The molecule has 2 heteroatoms. The third kappa shape index (κ3) is 5.51. The Morgan fingerprint density at radius 2 is 2.20 bits per heavy atom. The summed E-state index contributed by atoms with van der Waals surface area (Å²) in [6.07, 6.45) is 0.939. The van der Waals surface area contributed by atoms with Crippen molar-refractivity contribution in [2.75, 3.05) is 0 Å². The maximum atomic E-state index is 10.9. The van der Waals surface area contributed by atoms with Crippen molar-refractivity contribution in [3.63, 3.8) is 0 Å². The fraction of sp³-hybridized carbons (Fsp3) is 0.625. The molecule has 0 rings (SSSR count). The SMILES string of the molecule is C=C(C)CC(=O)CC(C)N. The van der Waals surface area contributed by atoms with Gasteiger partial charge < -0.3 is 5.73 Å². The first-order valence-corrected chi connectivity index (χ1v) is 3.44. The van der Waals surface area contributed by atoms with Crippen LogP contribution < -0.4 is 5.73 Å². The quantitative estimate of drug-likeness (QED) is 0.599. The zero-order chi connectivity index (χ0) is 8.15. The summed E-state index contributed by atoms with van der Waals surface area (Å²) in [5.41, 5.74) is 6.33. The highest BCUT2D eigenvalue weighted by Crippen LogP contribution is 2.00. The lowest BCUT2D eigenvalue weighted by atomic mass is 10.1. The van der Waals surface area contributed by atoms with Crippen molar-refractivity contribution in [3.05, 3.63) is 12.2 Å². The number of ketones is 1. The van der Waals surface area contributed by atoms with Crippen LogP contribution in [0.4, 0.5) is 0 Å². The van der Waals surface area contributed by atoms with Crippen molar-refractivity contribution in [1.82, 2.24) is 0 Å². The molecule has 0 aliphatic rings. The third-order valence-electron chi connectivity index (χ3n) is 1.05. The van der Waals surface area contributed by atoms with E-state index < -0.39 is 0 Å². The van der Waals surface area contributed by atoms with Crippen molar-refractivity contribution in [2.24, 2.45) is 5.73 Å². The smallest absolute Gasteiger partial charge is 0.138 e. The van der Waals surface area contributed by atoms with Gasteiger partial charge in [0.25, 0.3) is 0 Å². The Bertz CT molecular complexity index is 138. The topological polar surface area (TPSA) is 43.1 Å². The predicted molar refractivity (Wildman–Crippen MR) is 42.7 cm³/mol. The Morgan fingerprint density at radius 3 is 2.50 bits per heavy atom. The van der Waals surface area contributed by atoms with Crippen molar-refractivity contribution in [1.29, 1.82) is 0 Å². The second-order valence-corrected chi connectivity index (χ2v) is 2.85. The van der Waals surface area contributed by atoms with Crippen LogP contribution in [0.25, 0.3) is 0 Å². The minimum atomic E-state index is -0.0214. The number of carbonyl (C=O) groups excluding carboxylic acids is 1. The molecule has 0 aliphatic heterocycles. The molecule has 1 atom stereocenters. The van der Waals surface area contributed by atoms with Crippen LogP contribution in [0.5, 0.6) is 0 Å². The van der Waals surface area contributed by atoms with E-state index in [9.17, 15) is 4.79 Å². The summed E-state index contributed by atoms with van der Waals surface area (Å²) in [6.45, 7) is 7.32. The van der Waals surface area contributed by atoms with Gasteiger partial charge in [0.05, 0.1) is 0 Å². The van der Waals surface area contributed by atoms with E-state index in [1.54, 1.807) is 0 Å². The Kier molecular flexibility index (Phi) is 3.96. The summed E-state index contributed by atoms with van der Waals surface area (Å²) < 4.78 is 0. The Balaban J connectivity index is 3.54. The van der Waals surface area contributed by atoms with Gasteiger partial charge >= 0.3 is 0 Å². The number of rotatable bonds is 4. The molecule has 0 aromatic rings. The highest BCUT2D eigenvalue weighted by Gasteiger charge is 2.04. The number of nitrogens with two attached hydrogens (primary N) is 1. The van der Waals surface area contributed by atoms with Gasteiger partial charge in [0, 0.05) is 18.9 Å². The van der Waals surface area contributed by atoms with Crippen molar-refractivity contribution >= 4 is 5.78 Å². The molecular formula is C8H15NO. The summed E-state index contributed by atoms with van der Waals surface area (Å²) in [6, 6.07) is -0.0214. The lowest BCUT2D eigenvalue weighted by Crippen LogP contribution is -2.19. The van der Waals surface area contributed by atoms with Gasteiger partial charge in [-0.2, -0.15) is 0 Å². The monoisotopic (exact) mass is 141 g/mol. The minimum absolute atomic E-state index is 0.0214. The normalized spacial score (nSPS) is 12.7. The van der Waals surface area contributed by atoms with Crippen LogP contribution in [0.3, 0.4) is 0 Å². The van der Waals surface area contributed by atoms with E-state index in [0.717, 1.165) is 5.57 Å². The fourth-order valence-electron chi connectivity index (χ4n) is 0.768. The van der Waals surface area contributed by atoms with Gasteiger partial charge in [-0.25, -0.2) is 0 Å². The van der Waals surface area contributed by atoms with Gasteiger partial charge in [0.2, 0.25) is 0 Å². The molecule has 0 fully saturated rings. The summed E-state index contributed by atoms with van der Waals surface area (Å²) in [7, 11) is 0. The van der Waals surface area contributed by atoms with Crippen LogP contribution in [0.15, 0.2) is 12.2 Å². The van der Waals surface area contributed by atoms with Crippen LogP contribution in [-0.4, -0.2) is 11.8 Å². The highest BCUT2D eigenvalue weighted by molar-refractivity contribution is 5.81. The number of carbonyl (C=O) groups is 1. The number of allylic oxidation sites excluding steroid dienone is 1. The third-order valence-corrected chi connectivity index (χ3v) is 1.05. The lowest BCUT2D eigenvalue weighted by Gasteiger charge is -2.02. The molecule has 0 spiro atoms. The maximum absolute atomic E-state index is 10.9. The summed E-state index contributed by atoms with van der Waals surface area (Å²) >= 11 is 0. The average Bonchev–Trinajstić information content (AvgIpc) is 1.58. The van der Waals surface area contributed by atoms with Gasteiger partial charge in [0.15, 0.2) is 0 Å². The Hall–Kier alpha value is -0.630. The second-order valence-electron chi connectivity index (χ2n) is 2.85. The maximum Gasteiger partial charge on any atom is 0.138 e. The standard InChI is InChI=1S/C8H15NO/c1-6(2)4-8(10)5-7(3)9/h7H,1,4-5,9H2,2-3H3. The molecule has 0 radical (unpaired) electrons. The molecule has 58 valence electrons. The van der Waals surface area contributed by atoms with E-state index in [2.05, 4.69) is 6.58 Å². The van der Waals surface area contributed by atoms with E-state index in [1.165, 1.54) is 0 Å². The molecule has 2 nitrogen and oxygen atoms in total. The molecule has 0 saturated carbocycles. The van der Waals surface area contributed by atoms with Crippen LogP contribution in [0, 0.1) is 0 Å². The molecule has 2 N–H and O–H groups in total. The largest absolute Gasteiger partial charge is 0.328 e. The van der Waals surface area contributed by atoms with Gasteiger partial charge in [-0.05, 0) is 13.8 Å². The Morgan fingerprint density at radius 1 is 1.70 bits per heavy atom. The minimum Gasteiger partial charge on any atom is -0.328 e. The zero-order valence-electron chi connectivity index (χ0n) is 6.68. The van der Waals surface area contributed by atoms with Gasteiger partial charge in [-0.3, -0.25) is 4.79 Å². The predicted octanol–water partition coefficient (Wildman–Crippen LogP) is 1.26. The van der Waals surface area contributed by atoms with Gasteiger partial charge in [0.1, 0.15) is 5.78 Å². The molecule has 0 heterocycles. The number of hydrogen-bond acceptors (Lipinski definition) is 2. The van der Waals surface area contributed by atoms with Crippen LogP contribution in [0.2, 0.25) is 0 Å². The van der Waals surface area contributed by atoms with Gasteiger partial charge in [-0.1, -0.05) is 12.2 Å². The average molecular weight is 141 g/mol. The lowest BCUT2D eigenvalue weighted by molar-refractivity contribution is -0.118. The zero-order valence-corrected chi connectivity index (χ0v) is 6.68. The second kappa shape index (κ2) is 4.23. The Labute approximate surface area is 62.1 Å². The summed E-state index contributed by atoms with van der Waals surface area (Å²) in [5, 5.41) is 0. The van der Waals surface area contributed by atoms with Gasteiger partial charge in [-0.15, -0.1) is 0 Å². The van der Waals surface area contributed by atoms with Crippen LogP contribution in [-0.2, 0) is 4.79 Å². The summed E-state index contributed by atoms with van der Waals surface area (Å²) in [4.78, 5) is 10.9. The first-order chi connectivity index (χ1) is 4.52.